The van der Waals surface area contributed by atoms with Crippen LogP contribution in [0.3, 0.4) is 0 Å². The van der Waals surface area contributed by atoms with E-state index in [0.717, 1.165) is 0 Å². The second kappa shape index (κ2) is 7.61. The Morgan fingerprint density at radius 2 is 1.87 bits per heavy atom. The van der Waals surface area contributed by atoms with Gasteiger partial charge < -0.3 is 0 Å². The number of phosphoric ester groups is 1. The molecule has 0 aromatic rings. The summed E-state index contributed by atoms with van der Waals surface area (Å²) in [4.78, 5) is 0. The van der Waals surface area contributed by atoms with Crippen LogP contribution in [0.2, 0.25) is 0 Å². The van der Waals surface area contributed by atoms with Gasteiger partial charge >= 0.3 is 7.82 Å². The normalized spacial score (nSPS) is 12.5. The molecule has 0 fully saturated rings. The van der Waals surface area contributed by atoms with Crippen LogP contribution in [0.25, 0.3) is 0 Å². The first-order valence-electron chi connectivity index (χ1n) is 4.68. The Bertz CT molecular complexity index is 285. The molecule has 0 N–H and O–H groups in total. The molecule has 0 aromatic heterocycles. The van der Waals surface area contributed by atoms with Crippen molar-refractivity contribution >= 4 is 7.82 Å². The van der Waals surface area contributed by atoms with E-state index in [1.807, 2.05) is 6.07 Å². The van der Waals surface area contributed by atoms with E-state index in [1.165, 1.54) is 6.08 Å². The molecule has 0 aliphatic heterocycles. The fourth-order valence-corrected chi connectivity index (χ4v) is 1.84. The molecule has 0 unspecified atom stereocenters. The summed E-state index contributed by atoms with van der Waals surface area (Å²) in [7, 11) is -3.44. The van der Waals surface area contributed by atoms with E-state index >= 15 is 0 Å². The van der Waals surface area contributed by atoms with Gasteiger partial charge in [-0.05, 0) is 26.8 Å². The number of phosphoric acid groups is 1. The van der Waals surface area contributed by atoms with E-state index in [4.69, 9.17) is 18.8 Å². The highest BCUT2D eigenvalue weighted by atomic mass is 31.2. The van der Waals surface area contributed by atoms with Crippen molar-refractivity contribution in [2.24, 2.45) is 0 Å². The molecule has 15 heavy (non-hydrogen) atoms. The Morgan fingerprint density at radius 1 is 1.33 bits per heavy atom. The molecule has 0 saturated carbocycles. The average Bonchev–Trinajstić information content (AvgIpc) is 2.18. The molecule has 0 aliphatic carbocycles. The van der Waals surface area contributed by atoms with Crippen molar-refractivity contribution in [3.8, 4) is 6.07 Å². The highest BCUT2D eigenvalue weighted by Gasteiger charge is 2.24. The largest absolute Gasteiger partial charge is 0.475 e. The van der Waals surface area contributed by atoms with Gasteiger partial charge in [-0.1, -0.05) is 0 Å². The standard InChI is InChI=1S/C9H16NO4P/c1-4-12-15(11,13-5-2)14-7-6-9(3)8-10/h6H,4-5,7H2,1-3H3/b9-6-. The zero-order valence-corrected chi connectivity index (χ0v) is 10.1. The predicted molar refractivity (Wildman–Crippen MR) is 56.2 cm³/mol. The van der Waals surface area contributed by atoms with Crippen LogP contribution in [-0.4, -0.2) is 19.8 Å². The SMILES string of the molecule is CCOP(=O)(OCC)OC/C=C(/C)C#N. The molecule has 0 atom stereocenters. The number of nitriles is 1. The van der Waals surface area contributed by atoms with Gasteiger partial charge in [0.25, 0.3) is 0 Å². The molecule has 0 bridgehead atoms. The third kappa shape index (κ3) is 6.43. The van der Waals surface area contributed by atoms with Crippen LogP contribution >= 0.6 is 7.82 Å². The first-order chi connectivity index (χ1) is 7.08. The molecule has 86 valence electrons. The quantitative estimate of drug-likeness (QED) is 0.499. The topological polar surface area (TPSA) is 68.6 Å². The number of nitrogens with zero attached hydrogens (tertiary/aromatic N) is 1. The summed E-state index contributed by atoms with van der Waals surface area (Å²) in [6, 6.07) is 1.92. The fourth-order valence-electron chi connectivity index (χ4n) is 0.727. The minimum Gasteiger partial charge on any atom is -0.287 e. The van der Waals surface area contributed by atoms with Crippen LogP contribution in [0.15, 0.2) is 11.6 Å². The summed E-state index contributed by atoms with van der Waals surface area (Å²) >= 11 is 0. The molecule has 0 radical (unpaired) electrons. The molecule has 0 aliphatic rings. The Hall–Kier alpha value is -0.660. The second-order valence-electron chi connectivity index (χ2n) is 2.58. The minimum atomic E-state index is -3.44. The molecule has 0 spiro atoms. The van der Waals surface area contributed by atoms with Crippen LogP contribution in [0.4, 0.5) is 0 Å². The van der Waals surface area contributed by atoms with Gasteiger partial charge in [0.1, 0.15) is 0 Å². The third-order valence-electron chi connectivity index (χ3n) is 1.37. The maximum absolute atomic E-state index is 11.7. The molecule has 0 saturated heterocycles. The first-order valence-corrected chi connectivity index (χ1v) is 6.14. The van der Waals surface area contributed by atoms with Crippen molar-refractivity contribution in [2.75, 3.05) is 19.8 Å². The van der Waals surface area contributed by atoms with Crippen LogP contribution < -0.4 is 0 Å². The van der Waals surface area contributed by atoms with Crippen molar-refractivity contribution in [2.45, 2.75) is 20.8 Å². The summed E-state index contributed by atoms with van der Waals surface area (Å²) in [5, 5.41) is 8.47. The van der Waals surface area contributed by atoms with Crippen molar-refractivity contribution < 1.29 is 18.1 Å². The molecule has 0 amide bonds. The molecule has 0 rings (SSSR count). The van der Waals surface area contributed by atoms with Gasteiger partial charge in [0.05, 0.1) is 25.9 Å². The zero-order chi connectivity index (χ0) is 11.7. The first kappa shape index (κ1) is 14.3. The van der Waals surface area contributed by atoms with Crippen molar-refractivity contribution in [1.82, 2.24) is 0 Å². The number of rotatable bonds is 7. The predicted octanol–water partition coefficient (Wildman–Crippen LogP) is 2.65. The lowest BCUT2D eigenvalue weighted by molar-refractivity contribution is 0.131. The van der Waals surface area contributed by atoms with E-state index in [-0.39, 0.29) is 19.8 Å². The Labute approximate surface area is 90.3 Å². The summed E-state index contributed by atoms with van der Waals surface area (Å²) in [6.07, 6.45) is 1.52. The van der Waals surface area contributed by atoms with Gasteiger partial charge in [-0.3, -0.25) is 13.6 Å². The summed E-state index contributed by atoms with van der Waals surface area (Å²) in [5.41, 5.74) is 0.495. The minimum absolute atomic E-state index is 0.0384. The molecular weight excluding hydrogens is 217 g/mol. The zero-order valence-electron chi connectivity index (χ0n) is 9.23. The van der Waals surface area contributed by atoms with Crippen LogP contribution in [-0.2, 0) is 18.1 Å². The van der Waals surface area contributed by atoms with Gasteiger partial charge in [-0.15, -0.1) is 0 Å². The molecule has 0 heterocycles. The summed E-state index contributed by atoms with van der Waals surface area (Å²) in [6.45, 7) is 5.57. The lowest BCUT2D eigenvalue weighted by Crippen LogP contribution is -2.00. The van der Waals surface area contributed by atoms with Gasteiger partial charge in [-0.25, -0.2) is 4.57 Å². The van der Waals surface area contributed by atoms with Crippen molar-refractivity contribution in [3.05, 3.63) is 11.6 Å². The van der Waals surface area contributed by atoms with Crippen LogP contribution in [0, 0.1) is 11.3 Å². The molecule has 6 heteroatoms. The number of allylic oxidation sites excluding steroid dienone is 1. The molecule has 0 aromatic carbocycles. The van der Waals surface area contributed by atoms with E-state index in [2.05, 4.69) is 0 Å². The number of hydrogen-bond donors (Lipinski definition) is 0. The Kier molecular flexibility index (Phi) is 7.27. The lowest BCUT2D eigenvalue weighted by Gasteiger charge is -2.15. The number of hydrogen-bond acceptors (Lipinski definition) is 5. The van der Waals surface area contributed by atoms with Crippen LogP contribution in [0.1, 0.15) is 20.8 Å². The molecular formula is C9H16NO4P. The van der Waals surface area contributed by atoms with E-state index in [0.29, 0.717) is 5.57 Å². The Balaban J connectivity index is 4.20. The summed E-state index contributed by atoms with van der Waals surface area (Å²) in [5.74, 6) is 0. The summed E-state index contributed by atoms with van der Waals surface area (Å²) < 4.78 is 26.4. The second-order valence-corrected chi connectivity index (χ2v) is 4.25. The van der Waals surface area contributed by atoms with Gasteiger partial charge in [-0.2, -0.15) is 5.26 Å². The fraction of sp³-hybridized carbons (Fsp3) is 0.667. The molecule has 5 nitrogen and oxygen atoms in total. The van der Waals surface area contributed by atoms with Crippen LogP contribution in [0.5, 0.6) is 0 Å². The maximum atomic E-state index is 11.7. The Morgan fingerprint density at radius 3 is 2.27 bits per heavy atom. The maximum Gasteiger partial charge on any atom is 0.475 e. The highest BCUT2D eigenvalue weighted by molar-refractivity contribution is 7.48. The third-order valence-corrected chi connectivity index (χ3v) is 2.99. The van der Waals surface area contributed by atoms with E-state index in [9.17, 15) is 4.57 Å². The highest BCUT2D eigenvalue weighted by Crippen LogP contribution is 2.49. The van der Waals surface area contributed by atoms with Gasteiger partial charge in [0.15, 0.2) is 0 Å². The van der Waals surface area contributed by atoms with Crippen molar-refractivity contribution in [1.29, 1.82) is 5.26 Å². The average molecular weight is 233 g/mol. The lowest BCUT2D eigenvalue weighted by atomic mass is 10.3. The van der Waals surface area contributed by atoms with Gasteiger partial charge in [0.2, 0.25) is 0 Å². The van der Waals surface area contributed by atoms with E-state index < -0.39 is 7.82 Å². The van der Waals surface area contributed by atoms with Crippen molar-refractivity contribution in [3.63, 3.8) is 0 Å². The smallest absolute Gasteiger partial charge is 0.287 e. The van der Waals surface area contributed by atoms with Gasteiger partial charge in [0, 0.05) is 5.57 Å². The monoisotopic (exact) mass is 233 g/mol. The van der Waals surface area contributed by atoms with E-state index in [1.54, 1.807) is 20.8 Å².